The van der Waals surface area contributed by atoms with Crippen LogP contribution in [-0.4, -0.2) is 26.3 Å². The van der Waals surface area contributed by atoms with Gasteiger partial charge in [0.1, 0.15) is 11.3 Å². The number of H-pyrrole nitrogens is 1. The lowest BCUT2D eigenvalue weighted by atomic mass is 9.96. The zero-order chi connectivity index (χ0) is 18.5. The number of Topliss-reactive ketones (excluding diaryl/α,β-unsaturated/α-hetero) is 1. The van der Waals surface area contributed by atoms with E-state index in [4.69, 9.17) is 9.97 Å². The van der Waals surface area contributed by atoms with Crippen molar-refractivity contribution in [3.63, 3.8) is 0 Å². The third-order valence-electron chi connectivity index (χ3n) is 4.68. The Bertz CT molecular complexity index is 1010. The molecule has 0 saturated carbocycles. The zero-order valence-corrected chi connectivity index (χ0v) is 15.7. The van der Waals surface area contributed by atoms with Crippen molar-refractivity contribution in [1.82, 2.24) is 15.0 Å². The van der Waals surface area contributed by atoms with Gasteiger partial charge in [0.25, 0.3) is 0 Å². The van der Waals surface area contributed by atoms with Gasteiger partial charge in [0, 0.05) is 34.5 Å². The van der Waals surface area contributed by atoms with Crippen LogP contribution >= 0.6 is 0 Å². The van der Waals surface area contributed by atoms with Gasteiger partial charge >= 0.3 is 0 Å². The summed E-state index contributed by atoms with van der Waals surface area (Å²) in [6.07, 6.45) is 2.48. The molecule has 0 fully saturated rings. The minimum atomic E-state index is -0.0972. The van der Waals surface area contributed by atoms with Crippen LogP contribution in [0.1, 0.15) is 55.4 Å². The molecule has 0 spiro atoms. The summed E-state index contributed by atoms with van der Waals surface area (Å²) < 4.78 is 0. The number of nitrogens with zero attached hydrogens (tertiary/aromatic N) is 2. The molecule has 134 valence electrons. The van der Waals surface area contributed by atoms with Gasteiger partial charge < -0.3 is 10.3 Å². The third-order valence-corrected chi connectivity index (χ3v) is 4.68. The fraction of sp³-hybridized carbons (Fsp3) is 0.381. The summed E-state index contributed by atoms with van der Waals surface area (Å²) in [6.45, 7) is 8.29. The lowest BCUT2D eigenvalue weighted by molar-refractivity contribution is 0.0972. The van der Waals surface area contributed by atoms with E-state index in [0.717, 1.165) is 57.9 Å². The number of ketones is 1. The van der Waals surface area contributed by atoms with E-state index < -0.39 is 0 Å². The Morgan fingerprint density at radius 1 is 1.12 bits per heavy atom. The van der Waals surface area contributed by atoms with Crippen molar-refractivity contribution < 1.29 is 4.79 Å². The number of para-hydroxylation sites is 1. The Morgan fingerprint density at radius 3 is 2.65 bits per heavy atom. The summed E-state index contributed by atoms with van der Waals surface area (Å²) >= 11 is 0. The summed E-state index contributed by atoms with van der Waals surface area (Å²) in [7, 11) is 0. The molecule has 1 aromatic carbocycles. The molecular formula is C21H24N4O. The number of fused-ring (bicyclic) bond motifs is 2. The number of benzene rings is 1. The Kier molecular flexibility index (Phi) is 3.83. The van der Waals surface area contributed by atoms with E-state index in [2.05, 4.69) is 31.1 Å². The van der Waals surface area contributed by atoms with Crippen LogP contribution in [0, 0.1) is 6.92 Å². The molecule has 1 aliphatic carbocycles. The van der Waals surface area contributed by atoms with Gasteiger partial charge in [0.05, 0.1) is 11.2 Å². The van der Waals surface area contributed by atoms with Gasteiger partial charge in [-0.05, 0) is 52.7 Å². The molecule has 1 aliphatic rings. The summed E-state index contributed by atoms with van der Waals surface area (Å²) in [5.41, 5.74) is 6.28. The molecule has 5 heteroatoms. The van der Waals surface area contributed by atoms with Crippen LogP contribution < -0.4 is 5.32 Å². The maximum Gasteiger partial charge on any atom is 0.164 e. The molecule has 2 N–H and O–H groups in total. The number of hydrogen-bond acceptors (Lipinski definition) is 4. The molecule has 26 heavy (non-hydrogen) atoms. The van der Waals surface area contributed by atoms with Crippen molar-refractivity contribution in [2.24, 2.45) is 0 Å². The molecule has 4 rings (SSSR count). The van der Waals surface area contributed by atoms with Gasteiger partial charge in [-0.15, -0.1) is 0 Å². The predicted molar refractivity (Wildman–Crippen MR) is 105 cm³/mol. The molecule has 5 nitrogen and oxygen atoms in total. The van der Waals surface area contributed by atoms with E-state index in [1.807, 2.05) is 31.2 Å². The fourth-order valence-corrected chi connectivity index (χ4v) is 3.51. The number of aryl methyl sites for hydroxylation is 2. The monoisotopic (exact) mass is 348 g/mol. The number of aromatic amines is 1. The molecule has 2 aromatic heterocycles. The Morgan fingerprint density at radius 2 is 1.92 bits per heavy atom. The van der Waals surface area contributed by atoms with E-state index >= 15 is 0 Å². The number of rotatable bonds is 2. The second kappa shape index (κ2) is 5.94. The minimum absolute atomic E-state index is 0.0972. The van der Waals surface area contributed by atoms with Crippen LogP contribution in [0.3, 0.4) is 0 Å². The van der Waals surface area contributed by atoms with E-state index in [-0.39, 0.29) is 11.3 Å². The predicted octanol–water partition coefficient (Wildman–Crippen LogP) is 4.66. The number of nitrogens with one attached hydrogen (secondary N) is 2. The van der Waals surface area contributed by atoms with Crippen molar-refractivity contribution in [2.45, 2.75) is 52.5 Å². The number of carbonyl (C=O) groups excluding carboxylic acids is 1. The molecule has 0 amide bonds. The summed E-state index contributed by atoms with van der Waals surface area (Å²) in [5.74, 6) is 1.02. The maximum absolute atomic E-state index is 12.2. The van der Waals surface area contributed by atoms with Gasteiger partial charge in [-0.1, -0.05) is 12.1 Å². The van der Waals surface area contributed by atoms with Crippen molar-refractivity contribution >= 4 is 22.6 Å². The molecule has 0 bridgehead atoms. The van der Waals surface area contributed by atoms with Crippen LogP contribution in [0.5, 0.6) is 0 Å². The van der Waals surface area contributed by atoms with E-state index in [1.54, 1.807) is 0 Å². The zero-order valence-electron chi connectivity index (χ0n) is 15.7. The Hall–Kier alpha value is -2.69. The van der Waals surface area contributed by atoms with Gasteiger partial charge in [0.15, 0.2) is 5.78 Å². The van der Waals surface area contributed by atoms with Crippen molar-refractivity contribution in [3.8, 4) is 11.3 Å². The topological polar surface area (TPSA) is 70.7 Å². The molecule has 0 aliphatic heterocycles. The first kappa shape index (κ1) is 16.8. The highest BCUT2D eigenvalue weighted by Crippen LogP contribution is 2.32. The minimum Gasteiger partial charge on any atom is -0.364 e. The van der Waals surface area contributed by atoms with Crippen LogP contribution in [0.25, 0.3) is 22.3 Å². The number of hydrogen-bond donors (Lipinski definition) is 2. The second-order valence-corrected chi connectivity index (χ2v) is 8.06. The quantitative estimate of drug-likeness (QED) is 0.706. The van der Waals surface area contributed by atoms with Gasteiger partial charge in [-0.25, -0.2) is 9.97 Å². The molecular weight excluding hydrogens is 324 g/mol. The van der Waals surface area contributed by atoms with Crippen LogP contribution in [0.4, 0.5) is 5.82 Å². The highest BCUT2D eigenvalue weighted by atomic mass is 16.1. The summed E-state index contributed by atoms with van der Waals surface area (Å²) in [6, 6.07) is 7.98. The highest BCUT2D eigenvalue weighted by molar-refractivity contribution is 6.01. The molecule has 0 atom stereocenters. The largest absolute Gasteiger partial charge is 0.364 e. The third kappa shape index (κ3) is 2.98. The molecule has 0 saturated heterocycles. The number of aromatic nitrogens is 3. The van der Waals surface area contributed by atoms with Gasteiger partial charge in [-0.2, -0.15) is 0 Å². The smallest absolute Gasteiger partial charge is 0.164 e. The summed E-state index contributed by atoms with van der Waals surface area (Å²) in [5, 5.41) is 3.44. The second-order valence-electron chi connectivity index (χ2n) is 8.06. The first-order valence-electron chi connectivity index (χ1n) is 9.13. The van der Waals surface area contributed by atoms with Crippen molar-refractivity contribution in [1.29, 1.82) is 0 Å². The highest BCUT2D eigenvalue weighted by Gasteiger charge is 2.22. The fourth-order valence-electron chi connectivity index (χ4n) is 3.51. The van der Waals surface area contributed by atoms with Gasteiger partial charge in [-0.3, -0.25) is 4.79 Å². The van der Waals surface area contributed by atoms with Crippen LogP contribution in [0.2, 0.25) is 0 Å². The average molecular weight is 348 g/mol. The average Bonchev–Trinajstić information content (AvgIpc) is 2.99. The van der Waals surface area contributed by atoms with E-state index in [9.17, 15) is 4.79 Å². The van der Waals surface area contributed by atoms with Crippen molar-refractivity contribution in [2.75, 3.05) is 5.32 Å². The van der Waals surface area contributed by atoms with E-state index in [1.165, 1.54) is 0 Å². The van der Waals surface area contributed by atoms with Gasteiger partial charge in [0.2, 0.25) is 0 Å². The SMILES string of the molecule is Cc1nc2cccc(-c3cc4c([nH]3)CCCC4=O)c2nc1NC(C)(C)C. The standard InChI is InChI=1S/C21H24N4O/c1-12-20(25-21(2,3)4)24-19-13(7-5-9-16(19)22-12)17-11-14-15(23-17)8-6-10-18(14)26/h5,7,9,11,23H,6,8,10H2,1-4H3,(H,24,25). The molecule has 0 radical (unpaired) electrons. The molecule has 3 aromatic rings. The lowest BCUT2D eigenvalue weighted by Crippen LogP contribution is -2.27. The first-order chi connectivity index (χ1) is 12.3. The lowest BCUT2D eigenvalue weighted by Gasteiger charge is -2.22. The Balaban J connectivity index is 1.88. The number of anilines is 1. The number of carbonyl (C=O) groups is 1. The molecule has 0 unspecified atom stereocenters. The van der Waals surface area contributed by atoms with Crippen LogP contribution in [0.15, 0.2) is 24.3 Å². The van der Waals surface area contributed by atoms with Crippen molar-refractivity contribution in [3.05, 3.63) is 41.2 Å². The molecule has 2 heterocycles. The Labute approximate surface area is 153 Å². The summed E-state index contributed by atoms with van der Waals surface area (Å²) in [4.78, 5) is 25.3. The van der Waals surface area contributed by atoms with Crippen LogP contribution in [-0.2, 0) is 6.42 Å². The van der Waals surface area contributed by atoms with E-state index in [0.29, 0.717) is 6.42 Å². The normalized spacial score (nSPS) is 14.5. The first-order valence-corrected chi connectivity index (χ1v) is 9.13. The maximum atomic E-state index is 12.2.